The minimum Gasteiger partial charge on any atom is -0.490 e. The largest absolute Gasteiger partial charge is 0.490 e. The lowest BCUT2D eigenvalue weighted by atomic mass is 9.90. The van der Waals surface area contributed by atoms with Gasteiger partial charge in [-0.15, -0.1) is 0 Å². The molecule has 0 saturated carbocycles. The van der Waals surface area contributed by atoms with Crippen molar-refractivity contribution in [3.8, 4) is 28.4 Å². The zero-order valence-corrected chi connectivity index (χ0v) is 20.2. The van der Waals surface area contributed by atoms with Crippen LogP contribution in [0.15, 0.2) is 72.8 Å². The summed E-state index contributed by atoms with van der Waals surface area (Å²) < 4.78 is 17.5. The van der Waals surface area contributed by atoms with E-state index in [0.29, 0.717) is 19.1 Å². The number of hydrogen-bond acceptors (Lipinski definition) is 4. The number of rotatable bonds is 7. The number of carbonyl (C=O) groups is 1. The van der Waals surface area contributed by atoms with Crippen LogP contribution in [0.4, 0.5) is 0 Å². The number of benzene rings is 3. The van der Waals surface area contributed by atoms with Crippen LogP contribution < -0.4 is 14.2 Å². The van der Waals surface area contributed by atoms with Gasteiger partial charge in [-0.05, 0) is 60.9 Å². The smallest absolute Gasteiger partial charge is 0.260 e. The van der Waals surface area contributed by atoms with Gasteiger partial charge in [-0.1, -0.05) is 54.6 Å². The van der Waals surface area contributed by atoms with Crippen molar-refractivity contribution in [3.63, 3.8) is 0 Å². The van der Waals surface area contributed by atoms with Crippen molar-refractivity contribution < 1.29 is 19.0 Å². The van der Waals surface area contributed by atoms with Crippen molar-refractivity contribution in [2.45, 2.75) is 32.1 Å². The van der Waals surface area contributed by atoms with Crippen LogP contribution in [0.25, 0.3) is 11.1 Å². The lowest BCUT2D eigenvalue weighted by Gasteiger charge is -2.32. The lowest BCUT2D eigenvalue weighted by molar-refractivity contribution is -0.134. The summed E-state index contributed by atoms with van der Waals surface area (Å²) in [6.07, 6.45) is 5.15. The van der Waals surface area contributed by atoms with Gasteiger partial charge in [0.25, 0.3) is 5.91 Å². The van der Waals surface area contributed by atoms with Gasteiger partial charge in [-0.2, -0.15) is 0 Å². The zero-order valence-electron chi connectivity index (χ0n) is 20.2. The van der Waals surface area contributed by atoms with Crippen molar-refractivity contribution >= 4 is 5.91 Å². The van der Waals surface area contributed by atoms with E-state index in [9.17, 15) is 4.79 Å². The molecule has 0 unspecified atom stereocenters. The van der Waals surface area contributed by atoms with Crippen LogP contribution in [0.5, 0.6) is 17.2 Å². The molecule has 0 aliphatic carbocycles. The molecule has 2 aliphatic heterocycles. The molecule has 3 aromatic carbocycles. The Balaban J connectivity index is 1.09. The Labute approximate surface area is 207 Å². The number of fused-ring (bicyclic) bond motifs is 1. The van der Waals surface area contributed by atoms with Crippen LogP contribution in [-0.4, -0.2) is 43.7 Å². The number of nitrogens with zero attached hydrogens (tertiary/aromatic N) is 1. The molecule has 182 valence electrons. The van der Waals surface area contributed by atoms with Gasteiger partial charge < -0.3 is 19.1 Å². The molecular formula is C30H33NO4. The molecule has 2 aliphatic rings. The molecule has 1 fully saturated rings. The molecule has 3 aromatic rings. The molecule has 5 heteroatoms. The summed E-state index contributed by atoms with van der Waals surface area (Å²) >= 11 is 0. The van der Waals surface area contributed by atoms with E-state index in [2.05, 4.69) is 24.3 Å². The van der Waals surface area contributed by atoms with Crippen LogP contribution in [0.3, 0.4) is 0 Å². The molecular weight excluding hydrogens is 438 g/mol. The van der Waals surface area contributed by atoms with E-state index in [1.54, 1.807) is 0 Å². The Kier molecular flexibility index (Phi) is 7.52. The second-order valence-corrected chi connectivity index (χ2v) is 9.35. The Bertz CT molecular complexity index is 1120. The first-order valence-electron chi connectivity index (χ1n) is 12.7. The van der Waals surface area contributed by atoms with E-state index in [1.165, 1.54) is 5.56 Å². The quantitative estimate of drug-likeness (QED) is 0.439. The van der Waals surface area contributed by atoms with Gasteiger partial charge in [0.15, 0.2) is 18.1 Å². The Morgan fingerprint density at radius 1 is 0.886 bits per heavy atom. The highest BCUT2D eigenvalue weighted by Crippen LogP contribution is 2.32. The van der Waals surface area contributed by atoms with E-state index in [4.69, 9.17) is 14.2 Å². The maximum absolute atomic E-state index is 12.8. The third-order valence-electron chi connectivity index (χ3n) is 6.94. The van der Waals surface area contributed by atoms with E-state index < -0.39 is 0 Å². The molecule has 5 rings (SSSR count). The monoisotopic (exact) mass is 471 g/mol. The standard InChI is InChI=1S/C30H33NO4/c32-30(22-35-27-10-5-4-9-26(27)25-7-2-1-3-8-25)31-17-15-23(16-18-31)11-12-24-13-14-28-29(21-24)34-20-6-19-33-28/h1-5,7-10,13-14,21,23H,6,11-12,15-20,22H2. The van der Waals surface area contributed by atoms with Crippen LogP contribution in [-0.2, 0) is 11.2 Å². The first-order chi connectivity index (χ1) is 17.3. The van der Waals surface area contributed by atoms with Gasteiger partial charge in [0, 0.05) is 25.1 Å². The Morgan fingerprint density at radius 2 is 1.63 bits per heavy atom. The van der Waals surface area contributed by atoms with E-state index >= 15 is 0 Å². The number of likely N-dealkylation sites (tertiary alicyclic amines) is 1. The molecule has 0 bridgehead atoms. The second-order valence-electron chi connectivity index (χ2n) is 9.35. The maximum Gasteiger partial charge on any atom is 0.260 e. The highest BCUT2D eigenvalue weighted by molar-refractivity contribution is 5.78. The number of hydrogen-bond donors (Lipinski definition) is 0. The number of piperidine rings is 1. The van der Waals surface area contributed by atoms with Crippen LogP contribution in [0.1, 0.15) is 31.2 Å². The van der Waals surface area contributed by atoms with Crippen molar-refractivity contribution in [3.05, 3.63) is 78.4 Å². The SMILES string of the molecule is O=C(COc1ccccc1-c1ccccc1)N1CCC(CCc2ccc3c(c2)OCCCO3)CC1. The summed E-state index contributed by atoms with van der Waals surface area (Å²) in [6, 6.07) is 24.3. The molecule has 2 heterocycles. The highest BCUT2D eigenvalue weighted by atomic mass is 16.5. The maximum atomic E-state index is 12.8. The summed E-state index contributed by atoms with van der Waals surface area (Å²) in [4.78, 5) is 14.8. The molecule has 5 nitrogen and oxygen atoms in total. The summed E-state index contributed by atoms with van der Waals surface area (Å²) in [5.74, 6) is 3.17. The average Bonchev–Trinajstić information content (AvgIpc) is 3.16. The summed E-state index contributed by atoms with van der Waals surface area (Å²) in [5.41, 5.74) is 3.39. The average molecular weight is 472 g/mol. The number of aryl methyl sites for hydroxylation is 1. The van der Waals surface area contributed by atoms with Crippen molar-refractivity contribution in [2.75, 3.05) is 32.9 Å². The first kappa shape index (κ1) is 23.3. The van der Waals surface area contributed by atoms with Gasteiger partial charge in [0.2, 0.25) is 0 Å². The van der Waals surface area contributed by atoms with Gasteiger partial charge in [-0.25, -0.2) is 0 Å². The summed E-state index contributed by atoms with van der Waals surface area (Å²) in [5, 5.41) is 0. The van der Waals surface area contributed by atoms with E-state index in [-0.39, 0.29) is 12.5 Å². The van der Waals surface area contributed by atoms with E-state index in [1.807, 2.05) is 53.4 Å². The molecule has 0 atom stereocenters. The fourth-order valence-electron chi connectivity index (χ4n) is 4.88. The van der Waals surface area contributed by atoms with Crippen molar-refractivity contribution in [2.24, 2.45) is 5.92 Å². The third-order valence-corrected chi connectivity index (χ3v) is 6.94. The van der Waals surface area contributed by atoms with Crippen LogP contribution in [0, 0.1) is 5.92 Å². The molecule has 0 N–H and O–H groups in total. The molecule has 35 heavy (non-hydrogen) atoms. The topological polar surface area (TPSA) is 48.0 Å². The fraction of sp³-hybridized carbons (Fsp3) is 0.367. The molecule has 1 saturated heterocycles. The van der Waals surface area contributed by atoms with Gasteiger partial charge in [-0.3, -0.25) is 4.79 Å². The van der Waals surface area contributed by atoms with Crippen molar-refractivity contribution in [1.29, 1.82) is 0 Å². The molecule has 0 aromatic heterocycles. The van der Waals surface area contributed by atoms with Gasteiger partial charge in [0.05, 0.1) is 13.2 Å². The summed E-state index contributed by atoms with van der Waals surface area (Å²) in [6.45, 7) is 3.10. The summed E-state index contributed by atoms with van der Waals surface area (Å²) in [7, 11) is 0. The van der Waals surface area contributed by atoms with Crippen LogP contribution >= 0.6 is 0 Å². The predicted molar refractivity (Wildman–Crippen MR) is 137 cm³/mol. The number of ether oxygens (including phenoxy) is 3. The minimum absolute atomic E-state index is 0.0641. The highest BCUT2D eigenvalue weighted by Gasteiger charge is 2.23. The number of carbonyl (C=O) groups excluding carboxylic acids is 1. The molecule has 0 radical (unpaired) electrons. The molecule has 0 spiro atoms. The lowest BCUT2D eigenvalue weighted by Crippen LogP contribution is -2.41. The first-order valence-corrected chi connectivity index (χ1v) is 12.7. The Morgan fingerprint density at radius 3 is 2.46 bits per heavy atom. The molecule has 1 amide bonds. The fourth-order valence-corrected chi connectivity index (χ4v) is 4.88. The minimum atomic E-state index is 0.0641. The van der Waals surface area contributed by atoms with E-state index in [0.717, 1.165) is 73.6 Å². The number of amides is 1. The normalized spacial score (nSPS) is 15.9. The van der Waals surface area contributed by atoms with Gasteiger partial charge >= 0.3 is 0 Å². The number of para-hydroxylation sites is 1. The second kappa shape index (κ2) is 11.3. The van der Waals surface area contributed by atoms with Gasteiger partial charge in [0.1, 0.15) is 5.75 Å². The van der Waals surface area contributed by atoms with Crippen molar-refractivity contribution in [1.82, 2.24) is 4.90 Å². The third kappa shape index (κ3) is 5.97. The predicted octanol–water partition coefficient (Wildman–Crippen LogP) is 5.77. The van der Waals surface area contributed by atoms with Crippen LogP contribution in [0.2, 0.25) is 0 Å². The zero-order chi connectivity index (χ0) is 23.9. The Hall–Kier alpha value is -3.47.